The molecular formula is C41H81NO7. The molecule has 0 atom stereocenters. The van der Waals surface area contributed by atoms with Crippen molar-refractivity contribution < 1.29 is 33.3 Å². The summed E-state index contributed by atoms with van der Waals surface area (Å²) in [6.07, 6.45) is 32.3. The lowest BCUT2D eigenvalue weighted by Gasteiger charge is -2.21. The van der Waals surface area contributed by atoms with Crippen LogP contribution in [-0.4, -0.2) is 89.8 Å². The molecule has 0 unspecified atom stereocenters. The fourth-order valence-electron chi connectivity index (χ4n) is 5.92. The van der Waals surface area contributed by atoms with E-state index in [1.54, 1.807) is 7.11 Å². The van der Waals surface area contributed by atoms with E-state index in [0.29, 0.717) is 39.5 Å². The zero-order chi connectivity index (χ0) is 35.7. The fourth-order valence-corrected chi connectivity index (χ4v) is 5.92. The molecule has 0 saturated heterocycles. The van der Waals surface area contributed by atoms with E-state index in [1.165, 1.54) is 141 Å². The Morgan fingerprint density at radius 2 is 0.714 bits per heavy atom. The van der Waals surface area contributed by atoms with Gasteiger partial charge in [-0.05, 0) is 12.8 Å². The number of ether oxygens (including phenoxy) is 5. The molecule has 0 bridgehead atoms. The van der Waals surface area contributed by atoms with E-state index in [4.69, 9.17) is 23.7 Å². The highest BCUT2D eigenvalue weighted by Gasteiger charge is 2.12. The molecule has 0 radical (unpaired) electrons. The second-order valence-corrected chi connectivity index (χ2v) is 13.8. The molecule has 0 spiro atoms. The third-order valence-corrected chi connectivity index (χ3v) is 9.14. The van der Waals surface area contributed by atoms with Crippen LogP contribution in [0.5, 0.6) is 0 Å². The molecule has 49 heavy (non-hydrogen) atoms. The second kappa shape index (κ2) is 41.2. The zero-order valence-electron chi connectivity index (χ0n) is 32.8. The van der Waals surface area contributed by atoms with Crippen molar-refractivity contribution in [3.63, 3.8) is 0 Å². The van der Waals surface area contributed by atoms with Crippen LogP contribution < -0.4 is 0 Å². The minimum absolute atomic E-state index is 0.246. The van der Waals surface area contributed by atoms with Gasteiger partial charge < -0.3 is 23.7 Å². The van der Waals surface area contributed by atoms with E-state index in [-0.39, 0.29) is 38.0 Å². The van der Waals surface area contributed by atoms with Gasteiger partial charge in [0.2, 0.25) is 0 Å². The third-order valence-electron chi connectivity index (χ3n) is 9.14. The van der Waals surface area contributed by atoms with Crippen molar-refractivity contribution in [3.05, 3.63) is 0 Å². The Labute approximate surface area is 303 Å². The van der Waals surface area contributed by atoms with E-state index in [2.05, 4.69) is 13.8 Å². The number of hydrogen-bond acceptors (Lipinski definition) is 8. The lowest BCUT2D eigenvalue weighted by molar-refractivity contribution is -0.145. The van der Waals surface area contributed by atoms with Crippen molar-refractivity contribution in [3.8, 4) is 0 Å². The molecule has 0 heterocycles. The molecule has 0 aliphatic heterocycles. The maximum absolute atomic E-state index is 12.2. The molecule has 8 heteroatoms. The lowest BCUT2D eigenvalue weighted by Crippen LogP contribution is -2.32. The van der Waals surface area contributed by atoms with Crippen LogP contribution in [0.3, 0.4) is 0 Å². The highest BCUT2D eigenvalue weighted by Crippen LogP contribution is 2.13. The Kier molecular flexibility index (Phi) is 40.2. The average Bonchev–Trinajstić information content (AvgIpc) is 3.10. The number of rotatable bonds is 41. The number of methoxy groups -OCH3 is 1. The SMILES string of the molecule is CCCCCCCCCCCCCCOCCOC(=O)CCN(CCOC)CCC(=O)OCCOCCCCCCCCCCCCCC. The summed E-state index contributed by atoms with van der Waals surface area (Å²) in [5.41, 5.74) is 0. The van der Waals surface area contributed by atoms with Gasteiger partial charge >= 0.3 is 11.9 Å². The summed E-state index contributed by atoms with van der Waals surface area (Å²) in [7, 11) is 1.65. The Morgan fingerprint density at radius 3 is 1.04 bits per heavy atom. The molecule has 0 rings (SSSR count). The molecular weight excluding hydrogens is 618 g/mol. The van der Waals surface area contributed by atoms with Crippen LogP contribution in [0.4, 0.5) is 0 Å². The molecule has 0 fully saturated rings. The normalized spacial score (nSPS) is 11.4. The number of carbonyl (C=O) groups excluding carboxylic acids is 2. The molecule has 0 aliphatic carbocycles. The smallest absolute Gasteiger partial charge is 0.307 e. The summed E-state index contributed by atoms with van der Waals surface area (Å²) in [4.78, 5) is 26.5. The maximum Gasteiger partial charge on any atom is 0.307 e. The highest BCUT2D eigenvalue weighted by molar-refractivity contribution is 5.70. The van der Waals surface area contributed by atoms with E-state index in [0.717, 1.165) is 26.1 Å². The number of carbonyl (C=O) groups is 2. The molecule has 0 saturated carbocycles. The van der Waals surface area contributed by atoms with Crippen LogP contribution in [0.2, 0.25) is 0 Å². The molecule has 0 amide bonds. The lowest BCUT2D eigenvalue weighted by atomic mass is 10.1. The summed E-state index contributed by atoms with van der Waals surface area (Å²) in [5, 5.41) is 0. The first-order chi connectivity index (χ1) is 24.1. The van der Waals surface area contributed by atoms with Crippen LogP contribution in [0, 0.1) is 0 Å². The van der Waals surface area contributed by atoms with Crippen LogP contribution in [0.1, 0.15) is 181 Å². The van der Waals surface area contributed by atoms with Gasteiger partial charge in [0.05, 0.1) is 32.7 Å². The van der Waals surface area contributed by atoms with Gasteiger partial charge in [-0.3, -0.25) is 14.5 Å². The predicted octanol–water partition coefficient (Wildman–Crippen LogP) is 10.2. The number of hydrogen-bond donors (Lipinski definition) is 0. The van der Waals surface area contributed by atoms with E-state index < -0.39 is 0 Å². The first kappa shape index (κ1) is 47.8. The molecule has 0 aromatic heterocycles. The fraction of sp³-hybridized carbons (Fsp3) is 0.951. The third kappa shape index (κ3) is 39.4. The van der Waals surface area contributed by atoms with Crippen LogP contribution in [0.25, 0.3) is 0 Å². The van der Waals surface area contributed by atoms with Crippen molar-refractivity contribution in [1.82, 2.24) is 4.90 Å². The predicted molar refractivity (Wildman–Crippen MR) is 203 cm³/mol. The Balaban J connectivity index is 3.65. The number of nitrogens with zero attached hydrogens (tertiary/aromatic N) is 1. The van der Waals surface area contributed by atoms with Crippen LogP contribution >= 0.6 is 0 Å². The summed E-state index contributed by atoms with van der Waals surface area (Å²) >= 11 is 0. The van der Waals surface area contributed by atoms with Crippen molar-refractivity contribution in [2.75, 3.05) is 73.0 Å². The van der Waals surface area contributed by atoms with E-state index in [1.807, 2.05) is 4.90 Å². The molecule has 292 valence electrons. The second-order valence-electron chi connectivity index (χ2n) is 13.8. The van der Waals surface area contributed by atoms with Gasteiger partial charge in [-0.15, -0.1) is 0 Å². The summed E-state index contributed by atoms with van der Waals surface area (Å²) in [6, 6.07) is 0. The maximum atomic E-state index is 12.2. The molecule has 0 aliphatic rings. The average molecular weight is 700 g/mol. The number of esters is 2. The first-order valence-electron chi connectivity index (χ1n) is 20.8. The molecule has 0 aromatic carbocycles. The highest BCUT2D eigenvalue weighted by atomic mass is 16.6. The van der Waals surface area contributed by atoms with Crippen LogP contribution in [-0.2, 0) is 33.3 Å². The van der Waals surface area contributed by atoms with Gasteiger partial charge in [0, 0.05) is 40.0 Å². The van der Waals surface area contributed by atoms with E-state index in [9.17, 15) is 9.59 Å². The Morgan fingerprint density at radius 1 is 0.388 bits per heavy atom. The Hall–Kier alpha value is -1.22. The van der Waals surface area contributed by atoms with Gasteiger partial charge in [0.25, 0.3) is 0 Å². The topological polar surface area (TPSA) is 83.5 Å². The van der Waals surface area contributed by atoms with Gasteiger partial charge in [-0.25, -0.2) is 0 Å². The quantitative estimate of drug-likeness (QED) is 0.0461. The minimum Gasteiger partial charge on any atom is -0.463 e. The van der Waals surface area contributed by atoms with Gasteiger partial charge in [-0.2, -0.15) is 0 Å². The molecule has 8 nitrogen and oxygen atoms in total. The minimum atomic E-state index is -0.246. The summed E-state index contributed by atoms with van der Waals surface area (Å²) in [6.45, 7) is 9.61. The molecule has 0 aromatic rings. The summed E-state index contributed by atoms with van der Waals surface area (Å²) in [5.74, 6) is -0.492. The largest absolute Gasteiger partial charge is 0.463 e. The van der Waals surface area contributed by atoms with E-state index >= 15 is 0 Å². The summed E-state index contributed by atoms with van der Waals surface area (Å²) < 4.78 is 27.2. The van der Waals surface area contributed by atoms with Crippen molar-refractivity contribution in [2.45, 2.75) is 181 Å². The molecule has 0 N–H and O–H groups in total. The standard InChI is InChI=1S/C41H81NO7/c1-4-6-8-10-12-14-16-18-20-22-24-26-33-46-36-38-48-40(43)28-30-42(32-35-45-3)31-29-41(44)49-39-37-47-34-27-25-23-21-19-17-15-13-11-9-7-5-2/h4-39H2,1-3H3. The number of unbranched alkanes of at least 4 members (excludes halogenated alkanes) is 22. The van der Waals surface area contributed by atoms with Gasteiger partial charge in [0.15, 0.2) is 0 Å². The van der Waals surface area contributed by atoms with Gasteiger partial charge in [-0.1, -0.05) is 155 Å². The Bertz CT molecular complexity index is 626. The van der Waals surface area contributed by atoms with Crippen molar-refractivity contribution in [1.29, 1.82) is 0 Å². The first-order valence-corrected chi connectivity index (χ1v) is 20.8. The monoisotopic (exact) mass is 700 g/mol. The van der Waals surface area contributed by atoms with Gasteiger partial charge in [0.1, 0.15) is 13.2 Å². The van der Waals surface area contributed by atoms with Crippen molar-refractivity contribution in [2.24, 2.45) is 0 Å². The van der Waals surface area contributed by atoms with Crippen LogP contribution in [0.15, 0.2) is 0 Å². The zero-order valence-corrected chi connectivity index (χ0v) is 32.8. The van der Waals surface area contributed by atoms with Crippen molar-refractivity contribution >= 4 is 11.9 Å².